The highest BCUT2D eigenvalue weighted by molar-refractivity contribution is 7.94. The van der Waals surface area contributed by atoms with Gasteiger partial charge in [0.05, 0.1) is 12.2 Å². The van der Waals surface area contributed by atoms with Crippen molar-refractivity contribution in [1.82, 2.24) is 14.8 Å². The van der Waals surface area contributed by atoms with E-state index in [0.29, 0.717) is 24.6 Å². The van der Waals surface area contributed by atoms with Crippen LogP contribution in [0.15, 0.2) is 58.6 Å². The second-order valence-corrected chi connectivity index (χ2v) is 7.43. The van der Waals surface area contributed by atoms with Crippen molar-refractivity contribution in [2.75, 3.05) is 11.3 Å². The Hall–Kier alpha value is -2.39. The van der Waals surface area contributed by atoms with E-state index in [4.69, 9.17) is 4.74 Å². The van der Waals surface area contributed by atoms with Crippen LogP contribution in [0, 0.1) is 0 Å². The summed E-state index contributed by atoms with van der Waals surface area (Å²) in [6.07, 6.45) is 3.06. The number of rotatable bonds is 7. The average Bonchev–Trinajstić information content (AvgIpc) is 3.21. The van der Waals surface area contributed by atoms with Gasteiger partial charge in [-0.25, -0.2) is 18.1 Å². The van der Waals surface area contributed by atoms with Crippen molar-refractivity contribution in [3.8, 4) is 5.75 Å². The molecule has 0 saturated heterocycles. The Kier molecular flexibility index (Phi) is 4.58. The van der Waals surface area contributed by atoms with Gasteiger partial charge < -0.3 is 4.74 Å². The molecule has 120 valence electrons. The fraction of sp³-hybridized carbons (Fsp3) is 0.143. The first-order valence-corrected chi connectivity index (χ1v) is 9.11. The third-order valence-corrected chi connectivity index (χ3v) is 5.68. The van der Waals surface area contributed by atoms with Gasteiger partial charge in [-0.05, 0) is 23.6 Å². The summed E-state index contributed by atoms with van der Waals surface area (Å²) < 4.78 is 34.4. The van der Waals surface area contributed by atoms with E-state index in [0.717, 1.165) is 0 Å². The van der Waals surface area contributed by atoms with Crippen LogP contribution in [-0.4, -0.2) is 29.8 Å². The summed E-state index contributed by atoms with van der Waals surface area (Å²) in [6, 6.07) is 10.1. The summed E-state index contributed by atoms with van der Waals surface area (Å²) in [4.78, 5) is 3.85. The van der Waals surface area contributed by atoms with Gasteiger partial charge in [0.15, 0.2) is 0 Å². The molecule has 0 aliphatic carbocycles. The molecule has 23 heavy (non-hydrogen) atoms. The molecule has 1 aromatic carbocycles. The maximum atomic E-state index is 12.2. The van der Waals surface area contributed by atoms with E-state index in [2.05, 4.69) is 14.8 Å². The highest BCUT2D eigenvalue weighted by atomic mass is 32.2. The number of thiophene rings is 1. The van der Waals surface area contributed by atoms with Crippen LogP contribution in [0.25, 0.3) is 0 Å². The lowest BCUT2D eigenvalue weighted by atomic mass is 10.3. The minimum Gasteiger partial charge on any atom is -0.492 e. The number of sulfonamides is 1. The Morgan fingerprint density at radius 3 is 2.91 bits per heavy atom. The molecule has 0 atom stereocenters. The predicted octanol–water partition coefficient (Wildman–Crippen LogP) is 2.22. The molecule has 1 N–H and O–H groups in total. The van der Waals surface area contributed by atoms with E-state index in [9.17, 15) is 8.42 Å². The summed E-state index contributed by atoms with van der Waals surface area (Å²) in [5.41, 5.74) is 0.455. The molecule has 0 bridgehead atoms. The second kappa shape index (κ2) is 6.80. The third-order valence-electron chi connectivity index (χ3n) is 2.90. The highest BCUT2D eigenvalue weighted by Crippen LogP contribution is 2.23. The Morgan fingerprint density at radius 2 is 2.17 bits per heavy atom. The summed E-state index contributed by atoms with van der Waals surface area (Å²) in [5.74, 6) is 0.580. The van der Waals surface area contributed by atoms with Crippen molar-refractivity contribution in [3.05, 3.63) is 54.4 Å². The highest BCUT2D eigenvalue weighted by Gasteiger charge is 2.15. The van der Waals surface area contributed by atoms with Crippen LogP contribution in [0.3, 0.4) is 0 Å². The molecular formula is C14H14N4O3S2. The van der Waals surface area contributed by atoms with Crippen molar-refractivity contribution >= 4 is 27.0 Å². The maximum absolute atomic E-state index is 12.2. The van der Waals surface area contributed by atoms with Crippen LogP contribution in [-0.2, 0) is 16.6 Å². The van der Waals surface area contributed by atoms with E-state index < -0.39 is 10.0 Å². The third kappa shape index (κ3) is 4.08. The first kappa shape index (κ1) is 15.5. The number of anilines is 1. The SMILES string of the molecule is O=S(=O)(Nc1cccc(OCCn2cncn2)c1)c1cccs1. The maximum Gasteiger partial charge on any atom is 0.271 e. The lowest BCUT2D eigenvalue weighted by molar-refractivity contribution is 0.291. The van der Waals surface area contributed by atoms with Gasteiger partial charge in [0.25, 0.3) is 10.0 Å². The fourth-order valence-corrected chi connectivity index (χ4v) is 3.92. The number of benzene rings is 1. The topological polar surface area (TPSA) is 86.1 Å². The summed E-state index contributed by atoms with van der Waals surface area (Å²) in [5, 5.41) is 5.70. The molecule has 0 unspecified atom stereocenters. The molecule has 0 saturated carbocycles. The quantitative estimate of drug-likeness (QED) is 0.706. The fourth-order valence-electron chi connectivity index (χ4n) is 1.88. The van der Waals surface area contributed by atoms with E-state index in [-0.39, 0.29) is 4.21 Å². The van der Waals surface area contributed by atoms with Crippen LogP contribution in [0.1, 0.15) is 0 Å². The van der Waals surface area contributed by atoms with Crippen LogP contribution in [0.4, 0.5) is 5.69 Å². The van der Waals surface area contributed by atoms with Gasteiger partial charge in [-0.1, -0.05) is 12.1 Å². The standard InChI is InChI=1S/C14H14N4O3S2/c19-23(20,14-5-2-8-22-14)17-12-3-1-4-13(9-12)21-7-6-18-11-15-10-16-18/h1-5,8-11,17H,6-7H2. The molecule has 2 heterocycles. The van der Waals surface area contributed by atoms with Crippen molar-refractivity contribution in [2.45, 2.75) is 10.8 Å². The summed E-state index contributed by atoms with van der Waals surface area (Å²) in [7, 11) is -3.55. The Morgan fingerprint density at radius 1 is 1.26 bits per heavy atom. The molecule has 2 aromatic heterocycles. The van der Waals surface area contributed by atoms with Crippen molar-refractivity contribution < 1.29 is 13.2 Å². The van der Waals surface area contributed by atoms with Crippen LogP contribution < -0.4 is 9.46 Å². The molecule has 0 aliphatic rings. The second-order valence-electron chi connectivity index (χ2n) is 4.57. The van der Waals surface area contributed by atoms with Crippen LogP contribution in [0.2, 0.25) is 0 Å². The molecule has 0 aliphatic heterocycles. The van der Waals surface area contributed by atoms with Gasteiger partial charge in [0.1, 0.15) is 29.2 Å². The Labute approximate surface area is 137 Å². The van der Waals surface area contributed by atoms with E-state index >= 15 is 0 Å². The Balaban J connectivity index is 1.63. The zero-order valence-corrected chi connectivity index (χ0v) is 13.6. The molecule has 0 amide bonds. The first-order valence-electron chi connectivity index (χ1n) is 6.75. The molecule has 3 rings (SSSR count). The zero-order valence-electron chi connectivity index (χ0n) is 12.0. The van der Waals surface area contributed by atoms with Crippen molar-refractivity contribution in [2.24, 2.45) is 0 Å². The molecule has 3 aromatic rings. The van der Waals surface area contributed by atoms with Gasteiger partial charge in [0.2, 0.25) is 0 Å². The van der Waals surface area contributed by atoms with Crippen LogP contribution in [0.5, 0.6) is 5.75 Å². The van der Waals surface area contributed by atoms with E-state index in [1.165, 1.54) is 17.7 Å². The van der Waals surface area contributed by atoms with Crippen LogP contribution >= 0.6 is 11.3 Å². The van der Waals surface area contributed by atoms with Gasteiger partial charge in [0, 0.05) is 6.07 Å². The number of hydrogen-bond donors (Lipinski definition) is 1. The number of hydrogen-bond acceptors (Lipinski definition) is 6. The van der Waals surface area contributed by atoms with Crippen molar-refractivity contribution in [1.29, 1.82) is 0 Å². The minimum absolute atomic E-state index is 0.273. The molecule has 0 spiro atoms. The Bertz CT molecular complexity index is 846. The van der Waals surface area contributed by atoms with Crippen molar-refractivity contribution in [3.63, 3.8) is 0 Å². The molecular weight excluding hydrogens is 336 g/mol. The zero-order chi connectivity index (χ0) is 16.1. The largest absolute Gasteiger partial charge is 0.492 e. The van der Waals surface area contributed by atoms with Gasteiger partial charge in [-0.2, -0.15) is 5.10 Å². The average molecular weight is 350 g/mol. The lowest BCUT2D eigenvalue weighted by Gasteiger charge is -2.09. The predicted molar refractivity (Wildman–Crippen MR) is 87.1 cm³/mol. The van der Waals surface area contributed by atoms with Gasteiger partial charge in [-0.3, -0.25) is 4.72 Å². The molecule has 7 nitrogen and oxygen atoms in total. The minimum atomic E-state index is -3.55. The van der Waals surface area contributed by atoms with Gasteiger partial charge >= 0.3 is 0 Å². The van der Waals surface area contributed by atoms with Gasteiger partial charge in [-0.15, -0.1) is 11.3 Å². The van der Waals surface area contributed by atoms with E-state index in [1.54, 1.807) is 52.8 Å². The number of nitrogens with one attached hydrogen (secondary N) is 1. The summed E-state index contributed by atoms with van der Waals surface area (Å²) >= 11 is 1.17. The summed E-state index contributed by atoms with van der Waals surface area (Å²) in [6.45, 7) is 0.968. The lowest BCUT2D eigenvalue weighted by Crippen LogP contribution is -2.12. The molecule has 9 heteroatoms. The van der Waals surface area contributed by atoms with E-state index in [1.807, 2.05) is 0 Å². The monoisotopic (exact) mass is 350 g/mol. The number of aromatic nitrogens is 3. The molecule has 0 fully saturated rings. The molecule has 0 radical (unpaired) electrons. The smallest absolute Gasteiger partial charge is 0.271 e. The first-order chi connectivity index (χ1) is 11.1. The normalized spacial score (nSPS) is 11.3. The number of ether oxygens (including phenoxy) is 1. The number of nitrogens with zero attached hydrogens (tertiary/aromatic N) is 3.